The lowest BCUT2D eigenvalue weighted by Gasteiger charge is -2.13. The number of carbonyl (C=O) groups is 1. The van der Waals surface area contributed by atoms with Crippen molar-refractivity contribution in [2.45, 2.75) is 26.7 Å². The number of hydrogen-bond donors (Lipinski definition) is 1. The Morgan fingerprint density at radius 2 is 1.88 bits per heavy atom. The molecule has 6 heteroatoms. The molecule has 0 unspecified atom stereocenters. The summed E-state index contributed by atoms with van der Waals surface area (Å²) in [5.41, 5.74) is 4.54. The lowest BCUT2D eigenvalue weighted by atomic mass is 10.1. The zero-order valence-corrected chi connectivity index (χ0v) is 17.2. The van der Waals surface area contributed by atoms with Crippen LogP contribution in [0.2, 0.25) is 0 Å². The SMILES string of the molecule is CCOc1cc(C=NNC(=O)CCc2ccccc2)cc(I)c1OCC. The molecule has 0 bridgehead atoms. The summed E-state index contributed by atoms with van der Waals surface area (Å²) in [6.07, 6.45) is 2.70. The molecule has 1 N–H and O–H groups in total. The minimum Gasteiger partial charge on any atom is -0.490 e. The van der Waals surface area contributed by atoms with Crippen LogP contribution in [0.3, 0.4) is 0 Å². The Morgan fingerprint density at radius 3 is 2.58 bits per heavy atom. The van der Waals surface area contributed by atoms with E-state index in [1.165, 1.54) is 0 Å². The number of carbonyl (C=O) groups excluding carboxylic acids is 1. The van der Waals surface area contributed by atoms with Crippen LogP contribution in [0.1, 0.15) is 31.4 Å². The van der Waals surface area contributed by atoms with Gasteiger partial charge in [-0.2, -0.15) is 5.10 Å². The first-order valence-electron chi connectivity index (χ1n) is 8.59. The summed E-state index contributed by atoms with van der Waals surface area (Å²) in [4.78, 5) is 11.9. The molecule has 0 saturated heterocycles. The normalized spacial score (nSPS) is 10.7. The van der Waals surface area contributed by atoms with E-state index < -0.39 is 0 Å². The van der Waals surface area contributed by atoms with Crippen molar-refractivity contribution in [2.75, 3.05) is 13.2 Å². The van der Waals surface area contributed by atoms with E-state index in [4.69, 9.17) is 9.47 Å². The maximum atomic E-state index is 11.9. The molecule has 26 heavy (non-hydrogen) atoms. The lowest BCUT2D eigenvalue weighted by molar-refractivity contribution is -0.121. The molecule has 0 aliphatic carbocycles. The zero-order chi connectivity index (χ0) is 18.8. The third-order valence-electron chi connectivity index (χ3n) is 3.51. The van der Waals surface area contributed by atoms with Crippen molar-refractivity contribution in [2.24, 2.45) is 5.10 Å². The molecule has 0 fully saturated rings. The molecule has 138 valence electrons. The van der Waals surface area contributed by atoms with Crippen LogP contribution in [0.25, 0.3) is 0 Å². The quantitative estimate of drug-likeness (QED) is 0.343. The standard InChI is InChI=1S/C20H23IN2O3/c1-3-25-18-13-16(12-17(21)20(18)26-4-2)14-22-23-19(24)11-10-15-8-6-5-7-9-15/h5-9,12-14H,3-4,10-11H2,1-2H3,(H,23,24). The molecule has 5 nitrogen and oxygen atoms in total. The Kier molecular flexibility index (Phi) is 8.40. The maximum Gasteiger partial charge on any atom is 0.240 e. The van der Waals surface area contributed by atoms with Gasteiger partial charge in [-0.25, -0.2) is 5.43 Å². The minimum absolute atomic E-state index is 0.115. The van der Waals surface area contributed by atoms with Crippen molar-refractivity contribution in [3.05, 3.63) is 57.2 Å². The Morgan fingerprint density at radius 1 is 1.15 bits per heavy atom. The molecule has 0 spiro atoms. The number of hydrogen-bond acceptors (Lipinski definition) is 4. The average Bonchev–Trinajstić information content (AvgIpc) is 2.64. The summed E-state index contributed by atoms with van der Waals surface area (Å²) >= 11 is 2.21. The first-order valence-corrected chi connectivity index (χ1v) is 9.66. The monoisotopic (exact) mass is 466 g/mol. The summed E-state index contributed by atoms with van der Waals surface area (Å²) in [5.74, 6) is 1.30. The second-order valence-corrected chi connectivity index (χ2v) is 6.64. The summed E-state index contributed by atoms with van der Waals surface area (Å²) in [6.45, 7) is 4.98. The van der Waals surface area contributed by atoms with Gasteiger partial charge in [0.25, 0.3) is 0 Å². The minimum atomic E-state index is -0.115. The van der Waals surface area contributed by atoms with Gasteiger partial charge in [-0.05, 0) is 66.1 Å². The van der Waals surface area contributed by atoms with E-state index in [9.17, 15) is 4.79 Å². The van der Waals surface area contributed by atoms with E-state index in [0.717, 1.165) is 20.4 Å². The van der Waals surface area contributed by atoms with E-state index in [1.54, 1.807) is 6.21 Å². The lowest BCUT2D eigenvalue weighted by Crippen LogP contribution is -2.17. The number of nitrogens with one attached hydrogen (secondary N) is 1. The average molecular weight is 466 g/mol. The number of halogens is 1. The molecular weight excluding hydrogens is 443 g/mol. The predicted molar refractivity (Wildman–Crippen MR) is 112 cm³/mol. The van der Waals surface area contributed by atoms with E-state index in [-0.39, 0.29) is 5.91 Å². The summed E-state index contributed by atoms with van der Waals surface area (Å²) in [6, 6.07) is 13.7. The highest BCUT2D eigenvalue weighted by molar-refractivity contribution is 14.1. The summed E-state index contributed by atoms with van der Waals surface area (Å²) < 4.78 is 12.2. The van der Waals surface area contributed by atoms with E-state index in [2.05, 4.69) is 33.1 Å². The van der Waals surface area contributed by atoms with Gasteiger partial charge in [-0.15, -0.1) is 0 Å². The molecule has 2 aromatic carbocycles. The van der Waals surface area contributed by atoms with Crippen molar-refractivity contribution >= 4 is 34.7 Å². The maximum absolute atomic E-state index is 11.9. The Hall–Kier alpha value is -2.09. The van der Waals surface area contributed by atoms with Crippen molar-refractivity contribution in [1.82, 2.24) is 5.43 Å². The number of nitrogens with zero attached hydrogens (tertiary/aromatic N) is 1. The second-order valence-electron chi connectivity index (χ2n) is 5.47. The largest absolute Gasteiger partial charge is 0.490 e. The zero-order valence-electron chi connectivity index (χ0n) is 15.0. The number of ether oxygens (including phenoxy) is 2. The molecule has 0 atom stereocenters. The van der Waals surface area contributed by atoms with Gasteiger partial charge in [0.05, 0.1) is 23.0 Å². The van der Waals surface area contributed by atoms with Crippen molar-refractivity contribution < 1.29 is 14.3 Å². The highest BCUT2D eigenvalue weighted by atomic mass is 127. The molecule has 0 radical (unpaired) electrons. The molecule has 1 amide bonds. The molecular formula is C20H23IN2O3. The topological polar surface area (TPSA) is 59.9 Å². The van der Waals surface area contributed by atoms with Crippen molar-refractivity contribution in [1.29, 1.82) is 0 Å². The van der Waals surface area contributed by atoms with Crippen LogP contribution >= 0.6 is 22.6 Å². The van der Waals surface area contributed by atoms with E-state index in [1.807, 2.05) is 56.3 Å². The van der Waals surface area contributed by atoms with Crippen LogP contribution < -0.4 is 14.9 Å². The highest BCUT2D eigenvalue weighted by Gasteiger charge is 2.11. The van der Waals surface area contributed by atoms with Crippen LogP contribution in [0, 0.1) is 3.57 Å². The molecule has 0 aliphatic heterocycles. The Bertz CT molecular complexity index is 748. The van der Waals surface area contributed by atoms with Crippen molar-refractivity contribution in [3.8, 4) is 11.5 Å². The number of amides is 1. The Labute approximate surface area is 167 Å². The molecule has 0 saturated carbocycles. The van der Waals surface area contributed by atoms with Crippen LogP contribution in [0.15, 0.2) is 47.6 Å². The third kappa shape index (κ3) is 6.33. The van der Waals surface area contributed by atoms with Crippen molar-refractivity contribution in [3.63, 3.8) is 0 Å². The van der Waals surface area contributed by atoms with Gasteiger partial charge in [0.1, 0.15) is 0 Å². The van der Waals surface area contributed by atoms with Crippen LogP contribution in [0.4, 0.5) is 0 Å². The number of hydrazone groups is 1. The smallest absolute Gasteiger partial charge is 0.240 e. The number of benzene rings is 2. The van der Waals surface area contributed by atoms with Gasteiger partial charge in [0, 0.05) is 6.42 Å². The highest BCUT2D eigenvalue weighted by Crippen LogP contribution is 2.33. The summed E-state index contributed by atoms with van der Waals surface area (Å²) in [7, 11) is 0. The molecule has 2 rings (SSSR count). The molecule has 0 aliphatic rings. The van der Waals surface area contributed by atoms with Gasteiger partial charge in [0.2, 0.25) is 5.91 Å². The van der Waals surface area contributed by atoms with Crippen LogP contribution in [-0.2, 0) is 11.2 Å². The molecule has 2 aromatic rings. The van der Waals surface area contributed by atoms with E-state index >= 15 is 0 Å². The molecule has 0 aromatic heterocycles. The number of aryl methyl sites for hydroxylation is 1. The number of rotatable bonds is 9. The van der Waals surface area contributed by atoms with Gasteiger partial charge < -0.3 is 9.47 Å². The fourth-order valence-electron chi connectivity index (χ4n) is 2.35. The van der Waals surface area contributed by atoms with E-state index in [0.29, 0.717) is 31.8 Å². The van der Waals surface area contributed by atoms with Gasteiger partial charge >= 0.3 is 0 Å². The predicted octanol–water partition coefficient (Wildman–Crippen LogP) is 4.17. The second kappa shape index (κ2) is 10.8. The van der Waals surface area contributed by atoms with Crippen LogP contribution in [-0.4, -0.2) is 25.3 Å². The summed E-state index contributed by atoms with van der Waals surface area (Å²) in [5, 5.41) is 4.05. The van der Waals surface area contributed by atoms with Gasteiger partial charge in [0.15, 0.2) is 11.5 Å². The first-order chi connectivity index (χ1) is 12.6. The fourth-order valence-corrected chi connectivity index (χ4v) is 3.13. The van der Waals surface area contributed by atoms with Gasteiger partial charge in [-0.1, -0.05) is 30.3 Å². The fraction of sp³-hybridized carbons (Fsp3) is 0.300. The molecule has 0 heterocycles. The van der Waals surface area contributed by atoms with Gasteiger partial charge in [-0.3, -0.25) is 4.79 Å². The Balaban J connectivity index is 1.95. The first kappa shape index (κ1) is 20.2. The third-order valence-corrected chi connectivity index (χ3v) is 4.31. The van der Waals surface area contributed by atoms with Crippen LogP contribution in [0.5, 0.6) is 11.5 Å².